The van der Waals surface area contributed by atoms with Gasteiger partial charge in [-0.15, -0.1) is 0 Å². The van der Waals surface area contributed by atoms with Crippen LogP contribution < -0.4 is 5.32 Å². The van der Waals surface area contributed by atoms with Crippen LogP contribution in [0.25, 0.3) is 0 Å². The number of hydrogen-bond acceptors (Lipinski definition) is 3. The number of hydrogen-bond donors (Lipinski definition) is 1. The van der Waals surface area contributed by atoms with E-state index in [-0.39, 0.29) is 0 Å². The van der Waals surface area contributed by atoms with Crippen LogP contribution in [0.1, 0.15) is 11.3 Å². The third-order valence-electron chi connectivity index (χ3n) is 2.10. The molecule has 0 bridgehead atoms. The van der Waals surface area contributed by atoms with Crippen LogP contribution in [-0.4, -0.2) is 9.97 Å². The molecule has 1 N–H and O–H groups in total. The molecule has 1 heterocycles. The van der Waals surface area contributed by atoms with Gasteiger partial charge in [-0.3, -0.25) is 0 Å². The number of anilines is 2. The van der Waals surface area contributed by atoms with Crippen LogP contribution in [0.5, 0.6) is 0 Å². The summed E-state index contributed by atoms with van der Waals surface area (Å²) in [5.74, 6) is 0.638. The van der Waals surface area contributed by atoms with Crippen molar-refractivity contribution in [2.24, 2.45) is 0 Å². The largest absolute Gasteiger partial charge is 0.324 e. The summed E-state index contributed by atoms with van der Waals surface area (Å²) in [4.78, 5) is 8.40. The fourth-order valence-electron chi connectivity index (χ4n) is 1.28. The molecule has 0 aliphatic rings. The van der Waals surface area contributed by atoms with Crippen molar-refractivity contribution in [3.8, 4) is 0 Å². The van der Waals surface area contributed by atoms with Gasteiger partial charge in [0.05, 0.1) is 0 Å². The number of benzene rings is 1. The number of aromatic nitrogens is 2. The average molecular weight is 199 g/mol. The Morgan fingerprint density at radius 3 is 2.40 bits per heavy atom. The fourth-order valence-corrected chi connectivity index (χ4v) is 1.28. The van der Waals surface area contributed by atoms with E-state index in [2.05, 4.69) is 34.3 Å². The third-order valence-corrected chi connectivity index (χ3v) is 2.10. The van der Waals surface area contributed by atoms with Crippen molar-refractivity contribution in [3.63, 3.8) is 0 Å². The van der Waals surface area contributed by atoms with Crippen molar-refractivity contribution >= 4 is 11.6 Å². The van der Waals surface area contributed by atoms with Gasteiger partial charge in [0.2, 0.25) is 5.95 Å². The molecule has 0 spiro atoms. The van der Waals surface area contributed by atoms with Crippen LogP contribution >= 0.6 is 0 Å². The Kier molecular flexibility index (Phi) is 2.63. The second-order valence-electron chi connectivity index (χ2n) is 3.51. The molecule has 0 radical (unpaired) electrons. The quantitative estimate of drug-likeness (QED) is 0.808. The van der Waals surface area contributed by atoms with Gasteiger partial charge in [-0.25, -0.2) is 9.97 Å². The summed E-state index contributed by atoms with van der Waals surface area (Å²) >= 11 is 0. The van der Waals surface area contributed by atoms with Gasteiger partial charge in [0.15, 0.2) is 0 Å². The van der Waals surface area contributed by atoms with Crippen molar-refractivity contribution in [3.05, 3.63) is 47.8 Å². The molecule has 3 heteroatoms. The summed E-state index contributed by atoms with van der Waals surface area (Å²) in [6, 6.07) is 10.0. The lowest BCUT2D eigenvalue weighted by atomic mass is 10.2. The van der Waals surface area contributed by atoms with Crippen LogP contribution in [0.4, 0.5) is 11.6 Å². The monoisotopic (exact) mass is 199 g/mol. The molecular weight excluding hydrogens is 186 g/mol. The normalized spacial score (nSPS) is 10.0. The molecule has 0 fully saturated rings. The highest BCUT2D eigenvalue weighted by Crippen LogP contribution is 2.13. The maximum atomic E-state index is 4.27. The predicted octanol–water partition coefficient (Wildman–Crippen LogP) is 2.84. The first-order chi connectivity index (χ1) is 7.24. The lowest BCUT2D eigenvalue weighted by Crippen LogP contribution is -1.97. The van der Waals surface area contributed by atoms with Gasteiger partial charge in [0.1, 0.15) is 0 Å². The van der Waals surface area contributed by atoms with E-state index < -0.39 is 0 Å². The molecule has 2 aromatic rings. The van der Waals surface area contributed by atoms with Crippen LogP contribution in [0.15, 0.2) is 36.5 Å². The van der Waals surface area contributed by atoms with Gasteiger partial charge in [0.25, 0.3) is 0 Å². The van der Waals surface area contributed by atoms with Crippen LogP contribution in [0.3, 0.4) is 0 Å². The standard InChI is InChI=1S/C12H13N3/c1-9-3-5-11(6-4-9)15-12-13-8-7-10(2)14-12/h3-8H,1-2H3,(H,13,14,15). The molecule has 0 amide bonds. The highest BCUT2D eigenvalue weighted by molar-refractivity contribution is 5.53. The molecule has 0 unspecified atom stereocenters. The highest BCUT2D eigenvalue weighted by atomic mass is 15.1. The molecular formula is C12H13N3. The molecule has 1 aromatic carbocycles. The molecule has 0 saturated heterocycles. The Hall–Kier alpha value is -1.90. The first kappa shape index (κ1) is 9.65. The highest BCUT2D eigenvalue weighted by Gasteiger charge is 1.96. The summed E-state index contributed by atoms with van der Waals surface area (Å²) in [7, 11) is 0. The molecule has 3 nitrogen and oxygen atoms in total. The zero-order chi connectivity index (χ0) is 10.7. The average Bonchev–Trinajstić information content (AvgIpc) is 2.22. The number of nitrogens with zero attached hydrogens (tertiary/aromatic N) is 2. The van der Waals surface area contributed by atoms with Crippen LogP contribution in [0.2, 0.25) is 0 Å². The lowest BCUT2D eigenvalue weighted by molar-refractivity contribution is 1.11. The first-order valence-electron chi connectivity index (χ1n) is 4.87. The Bertz CT molecular complexity index is 449. The van der Waals surface area contributed by atoms with Crippen molar-refractivity contribution in [2.45, 2.75) is 13.8 Å². The van der Waals surface area contributed by atoms with E-state index in [1.807, 2.05) is 25.1 Å². The SMILES string of the molecule is Cc1ccc(Nc2nccc(C)n2)cc1. The molecule has 0 saturated carbocycles. The second-order valence-corrected chi connectivity index (χ2v) is 3.51. The van der Waals surface area contributed by atoms with Crippen molar-refractivity contribution < 1.29 is 0 Å². The van der Waals surface area contributed by atoms with E-state index in [1.54, 1.807) is 6.20 Å². The van der Waals surface area contributed by atoms with Crippen molar-refractivity contribution in [2.75, 3.05) is 5.32 Å². The van der Waals surface area contributed by atoms with E-state index in [4.69, 9.17) is 0 Å². The molecule has 0 atom stereocenters. The minimum absolute atomic E-state index is 0.638. The Balaban J connectivity index is 2.18. The topological polar surface area (TPSA) is 37.8 Å². The van der Waals surface area contributed by atoms with Crippen molar-refractivity contribution in [1.29, 1.82) is 0 Å². The number of aryl methyl sites for hydroxylation is 2. The molecule has 2 rings (SSSR count). The predicted molar refractivity (Wildman–Crippen MR) is 61.2 cm³/mol. The maximum Gasteiger partial charge on any atom is 0.227 e. The van der Waals surface area contributed by atoms with Crippen molar-refractivity contribution in [1.82, 2.24) is 9.97 Å². The fraction of sp³-hybridized carbons (Fsp3) is 0.167. The van der Waals surface area contributed by atoms with Gasteiger partial charge in [-0.05, 0) is 32.0 Å². The number of rotatable bonds is 2. The number of nitrogens with one attached hydrogen (secondary N) is 1. The van der Waals surface area contributed by atoms with E-state index in [0.29, 0.717) is 5.95 Å². The summed E-state index contributed by atoms with van der Waals surface area (Å²) in [6.07, 6.45) is 1.75. The second kappa shape index (κ2) is 4.09. The lowest BCUT2D eigenvalue weighted by Gasteiger charge is -2.04. The molecule has 15 heavy (non-hydrogen) atoms. The third kappa shape index (κ3) is 2.53. The zero-order valence-electron chi connectivity index (χ0n) is 8.86. The van der Waals surface area contributed by atoms with Gasteiger partial charge in [-0.2, -0.15) is 0 Å². The summed E-state index contributed by atoms with van der Waals surface area (Å²) < 4.78 is 0. The van der Waals surface area contributed by atoms with Crippen LogP contribution in [-0.2, 0) is 0 Å². The summed E-state index contributed by atoms with van der Waals surface area (Å²) in [5, 5.41) is 3.15. The van der Waals surface area contributed by atoms with Gasteiger partial charge < -0.3 is 5.32 Å². The minimum Gasteiger partial charge on any atom is -0.324 e. The Morgan fingerprint density at radius 2 is 1.73 bits per heavy atom. The molecule has 76 valence electrons. The molecule has 0 aliphatic carbocycles. The summed E-state index contributed by atoms with van der Waals surface area (Å²) in [6.45, 7) is 4.01. The maximum absolute atomic E-state index is 4.27. The van der Waals surface area contributed by atoms with E-state index >= 15 is 0 Å². The van der Waals surface area contributed by atoms with Gasteiger partial charge in [-0.1, -0.05) is 17.7 Å². The van der Waals surface area contributed by atoms with Gasteiger partial charge >= 0.3 is 0 Å². The Morgan fingerprint density at radius 1 is 1.00 bits per heavy atom. The van der Waals surface area contributed by atoms with Gasteiger partial charge in [0, 0.05) is 17.6 Å². The van der Waals surface area contributed by atoms with Crippen LogP contribution in [0, 0.1) is 13.8 Å². The zero-order valence-corrected chi connectivity index (χ0v) is 8.86. The van der Waals surface area contributed by atoms with E-state index in [1.165, 1.54) is 5.56 Å². The summed E-state index contributed by atoms with van der Waals surface area (Å²) in [5.41, 5.74) is 3.21. The minimum atomic E-state index is 0.638. The first-order valence-corrected chi connectivity index (χ1v) is 4.87. The molecule has 1 aromatic heterocycles. The Labute approximate surface area is 89.2 Å². The molecule has 0 aliphatic heterocycles. The van der Waals surface area contributed by atoms with E-state index in [0.717, 1.165) is 11.4 Å². The smallest absolute Gasteiger partial charge is 0.227 e. The van der Waals surface area contributed by atoms with E-state index in [9.17, 15) is 0 Å².